The molecule has 0 bridgehead atoms. The molecule has 1 aromatic carbocycles. The van der Waals surface area contributed by atoms with Gasteiger partial charge in [-0.05, 0) is 69.8 Å². The number of anilines is 2. The zero-order valence-electron chi connectivity index (χ0n) is 16.9. The van der Waals surface area contributed by atoms with E-state index in [0.29, 0.717) is 18.3 Å². The van der Waals surface area contributed by atoms with Crippen LogP contribution in [0.2, 0.25) is 0 Å². The number of aromatic nitrogens is 2. The average Bonchev–Trinajstić information content (AvgIpc) is 2.69. The number of likely N-dealkylation sites (tertiary alicyclic amines) is 1. The second-order valence-electron chi connectivity index (χ2n) is 7.62. The van der Waals surface area contributed by atoms with Crippen LogP contribution in [-0.4, -0.2) is 40.4 Å². The smallest absolute Gasteiger partial charge is 0.224 e. The van der Waals surface area contributed by atoms with Crippen LogP contribution in [0.5, 0.6) is 0 Å². The van der Waals surface area contributed by atoms with Gasteiger partial charge in [-0.25, -0.2) is 9.97 Å². The van der Waals surface area contributed by atoms with Crippen molar-refractivity contribution < 1.29 is 4.79 Å². The molecule has 1 saturated heterocycles. The maximum atomic E-state index is 12.2. The van der Waals surface area contributed by atoms with E-state index in [9.17, 15) is 4.79 Å². The minimum absolute atomic E-state index is 0.117. The molecule has 1 fully saturated rings. The topological polar surface area (TPSA) is 70.2 Å². The number of aryl methyl sites for hydroxylation is 1. The van der Waals surface area contributed by atoms with Crippen molar-refractivity contribution in [2.45, 2.75) is 46.1 Å². The van der Waals surface area contributed by atoms with Gasteiger partial charge in [0.1, 0.15) is 0 Å². The Bertz CT molecular complexity index is 754. The van der Waals surface area contributed by atoms with E-state index in [-0.39, 0.29) is 5.91 Å². The summed E-state index contributed by atoms with van der Waals surface area (Å²) >= 11 is 0. The molecular weight excluding hydrogens is 350 g/mol. The summed E-state index contributed by atoms with van der Waals surface area (Å²) in [5, 5.41) is 6.13. The number of nitrogens with zero attached hydrogens (tertiary/aromatic N) is 3. The summed E-state index contributed by atoms with van der Waals surface area (Å²) in [5.41, 5.74) is 3.20. The molecule has 0 atom stereocenters. The molecule has 1 aliphatic heterocycles. The molecule has 1 aliphatic rings. The van der Waals surface area contributed by atoms with Gasteiger partial charge in [0, 0.05) is 43.2 Å². The van der Waals surface area contributed by atoms with Gasteiger partial charge in [-0.2, -0.15) is 0 Å². The number of hydrogen-bond acceptors (Lipinski definition) is 5. The summed E-state index contributed by atoms with van der Waals surface area (Å²) in [4.78, 5) is 23.3. The molecule has 3 rings (SSSR count). The molecule has 6 nitrogen and oxygen atoms in total. The maximum Gasteiger partial charge on any atom is 0.224 e. The molecule has 1 amide bonds. The van der Waals surface area contributed by atoms with Crippen LogP contribution in [0.1, 0.15) is 43.7 Å². The summed E-state index contributed by atoms with van der Waals surface area (Å²) in [7, 11) is 0. The fourth-order valence-corrected chi connectivity index (χ4v) is 3.66. The van der Waals surface area contributed by atoms with Crippen LogP contribution in [0.25, 0.3) is 0 Å². The summed E-state index contributed by atoms with van der Waals surface area (Å²) in [5.74, 6) is 1.44. The van der Waals surface area contributed by atoms with Crippen molar-refractivity contribution in [3.8, 4) is 0 Å². The summed E-state index contributed by atoms with van der Waals surface area (Å²) in [6, 6.07) is 7.95. The standard InChI is InChI=1S/C22H31N5O/c1-3-23-22-24-14-19(15-25-22)16-27-11-9-18(10-12-27)7-8-21(28)26-20-6-4-5-17(2)13-20/h4-6,13-15,18H,3,7-12,16H2,1-2H3,(H,26,28)(H,23,24,25). The third-order valence-corrected chi connectivity index (χ3v) is 5.24. The first-order chi connectivity index (χ1) is 13.6. The van der Waals surface area contributed by atoms with Gasteiger partial charge < -0.3 is 10.6 Å². The second-order valence-corrected chi connectivity index (χ2v) is 7.62. The molecule has 6 heteroatoms. The van der Waals surface area contributed by atoms with Crippen LogP contribution in [0.15, 0.2) is 36.7 Å². The molecule has 2 N–H and O–H groups in total. The fraction of sp³-hybridized carbons (Fsp3) is 0.500. The van der Waals surface area contributed by atoms with Crippen molar-refractivity contribution in [2.75, 3.05) is 30.3 Å². The van der Waals surface area contributed by atoms with Crippen molar-refractivity contribution in [2.24, 2.45) is 5.92 Å². The lowest BCUT2D eigenvalue weighted by Crippen LogP contribution is -2.33. The van der Waals surface area contributed by atoms with E-state index in [1.165, 1.54) is 0 Å². The monoisotopic (exact) mass is 381 g/mol. The fourth-order valence-electron chi connectivity index (χ4n) is 3.66. The summed E-state index contributed by atoms with van der Waals surface area (Å²) in [6.07, 6.45) is 7.67. The number of rotatable bonds is 8. The van der Waals surface area contributed by atoms with Crippen LogP contribution >= 0.6 is 0 Å². The van der Waals surface area contributed by atoms with E-state index in [0.717, 1.165) is 62.3 Å². The van der Waals surface area contributed by atoms with E-state index in [1.807, 2.05) is 50.5 Å². The van der Waals surface area contributed by atoms with Gasteiger partial charge in [0.05, 0.1) is 0 Å². The first-order valence-corrected chi connectivity index (χ1v) is 10.3. The highest BCUT2D eigenvalue weighted by atomic mass is 16.1. The van der Waals surface area contributed by atoms with Gasteiger partial charge in [0.15, 0.2) is 0 Å². The first kappa shape index (κ1) is 20.3. The molecule has 28 heavy (non-hydrogen) atoms. The lowest BCUT2D eigenvalue weighted by Gasteiger charge is -2.31. The lowest BCUT2D eigenvalue weighted by atomic mass is 9.92. The first-order valence-electron chi connectivity index (χ1n) is 10.3. The van der Waals surface area contributed by atoms with E-state index in [2.05, 4.69) is 25.5 Å². The SMILES string of the molecule is CCNc1ncc(CN2CCC(CCC(=O)Nc3cccc(C)c3)CC2)cn1. The van der Waals surface area contributed by atoms with Crippen molar-refractivity contribution in [3.63, 3.8) is 0 Å². The molecule has 0 aliphatic carbocycles. The molecule has 150 valence electrons. The van der Waals surface area contributed by atoms with Gasteiger partial charge in [-0.3, -0.25) is 9.69 Å². The zero-order valence-corrected chi connectivity index (χ0v) is 16.9. The predicted molar refractivity (Wildman–Crippen MR) is 113 cm³/mol. The van der Waals surface area contributed by atoms with Gasteiger partial charge >= 0.3 is 0 Å². The minimum atomic E-state index is 0.117. The van der Waals surface area contributed by atoms with Crippen molar-refractivity contribution >= 4 is 17.5 Å². The Labute approximate surface area is 167 Å². The van der Waals surface area contributed by atoms with Crippen LogP contribution in [0.4, 0.5) is 11.6 Å². The molecule has 0 spiro atoms. The minimum Gasteiger partial charge on any atom is -0.355 e. The normalized spacial score (nSPS) is 15.4. The van der Waals surface area contributed by atoms with Crippen LogP contribution in [0.3, 0.4) is 0 Å². The molecule has 2 heterocycles. The molecule has 0 saturated carbocycles. The summed E-state index contributed by atoms with van der Waals surface area (Å²) in [6.45, 7) is 7.93. The Morgan fingerprint density at radius 2 is 1.96 bits per heavy atom. The van der Waals surface area contributed by atoms with E-state index >= 15 is 0 Å². The number of hydrogen-bond donors (Lipinski definition) is 2. The predicted octanol–water partition coefficient (Wildman–Crippen LogP) is 3.85. The Morgan fingerprint density at radius 3 is 2.64 bits per heavy atom. The number of benzene rings is 1. The third kappa shape index (κ3) is 6.30. The molecule has 0 unspecified atom stereocenters. The zero-order chi connectivity index (χ0) is 19.8. The Balaban J connectivity index is 1.36. The third-order valence-electron chi connectivity index (χ3n) is 5.24. The Hall–Kier alpha value is -2.47. The molecule has 0 radical (unpaired) electrons. The maximum absolute atomic E-state index is 12.2. The van der Waals surface area contributed by atoms with Crippen molar-refractivity contribution in [3.05, 3.63) is 47.8 Å². The largest absolute Gasteiger partial charge is 0.355 e. The highest BCUT2D eigenvalue weighted by molar-refractivity contribution is 5.90. The number of carbonyl (C=O) groups excluding carboxylic acids is 1. The van der Waals surface area contributed by atoms with Gasteiger partial charge in [0.2, 0.25) is 11.9 Å². The summed E-state index contributed by atoms with van der Waals surface area (Å²) < 4.78 is 0. The van der Waals surface area contributed by atoms with Crippen LogP contribution in [0, 0.1) is 12.8 Å². The second kappa shape index (κ2) is 10.2. The van der Waals surface area contributed by atoms with Gasteiger partial charge in [-0.15, -0.1) is 0 Å². The molecule has 2 aromatic rings. The number of carbonyl (C=O) groups is 1. The molecular formula is C22H31N5O. The van der Waals surface area contributed by atoms with Gasteiger partial charge in [0.25, 0.3) is 0 Å². The molecule has 1 aromatic heterocycles. The number of nitrogens with one attached hydrogen (secondary N) is 2. The highest BCUT2D eigenvalue weighted by Gasteiger charge is 2.20. The Morgan fingerprint density at radius 1 is 1.21 bits per heavy atom. The van der Waals surface area contributed by atoms with Crippen LogP contribution in [-0.2, 0) is 11.3 Å². The van der Waals surface area contributed by atoms with E-state index < -0.39 is 0 Å². The van der Waals surface area contributed by atoms with E-state index in [1.54, 1.807) is 0 Å². The average molecular weight is 382 g/mol. The van der Waals surface area contributed by atoms with Crippen LogP contribution < -0.4 is 10.6 Å². The quantitative estimate of drug-likeness (QED) is 0.727. The van der Waals surface area contributed by atoms with E-state index in [4.69, 9.17) is 0 Å². The van der Waals surface area contributed by atoms with Crippen molar-refractivity contribution in [1.29, 1.82) is 0 Å². The lowest BCUT2D eigenvalue weighted by molar-refractivity contribution is -0.116. The Kier molecular flexibility index (Phi) is 7.37. The number of piperidine rings is 1. The van der Waals surface area contributed by atoms with Gasteiger partial charge in [-0.1, -0.05) is 12.1 Å². The number of amides is 1. The highest BCUT2D eigenvalue weighted by Crippen LogP contribution is 2.23. The van der Waals surface area contributed by atoms with Crippen molar-refractivity contribution in [1.82, 2.24) is 14.9 Å².